The molecule has 18 heavy (non-hydrogen) atoms. The Labute approximate surface area is 111 Å². The number of halogens is 3. The van der Waals surface area contributed by atoms with E-state index in [1.165, 1.54) is 24.7 Å². The van der Waals surface area contributed by atoms with Gasteiger partial charge in [-0.2, -0.15) is 0 Å². The van der Waals surface area contributed by atoms with E-state index in [0.717, 1.165) is 5.56 Å². The molecule has 0 bridgehead atoms. The van der Waals surface area contributed by atoms with Crippen molar-refractivity contribution < 1.29 is 13.2 Å². The van der Waals surface area contributed by atoms with Crippen LogP contribution >= 0.6 is 15.9 Å². The molecule has 0 aliphatic rings. The first-order valence-electron chi connectivity index (χ1n) is 5.23. The summed E-state index contributed by atoms with van der Waals surface area (Å²) in [7, 11) is 0. The lowest BCUT2D eigenvalue weighted by Gasteiger charge is -2.17. The van der Waals surface area contributed by atoms with E-state index < -0.39 is 17.7 Å². The number of hydrogen-bond donors (Lipinski definition) is 2. The molecule has 1 atom stereocenters. The lowest BCUT2D eigenvalue weighted by molar-refractivity contribution is 0.470. The first-order chi connectivity index (χ1) is 8.61. The fourth-order valence-electron chi connectivity index (χ4n) is 1.78. The first-order valence-corrected chi connectivity index (χ1v) is 6.02. The van der Waals surface area contributed by atoms with Crippen molar-refractivity contribution in [3.8, 4) is 0 Å². The highest BCUT2D eigenvalue weighted by Crippen LogP contribution is 2.26. The number of nitrogens with one attached hydrogen (secondary N) is 1. The minimum absolute atomic E-state index is 0.0816. The number of rotatable bonds is 4. The Hall–Kier alpha value is -1.24. The molecule has 3 nitrogen and oxygen atoms in total. The highest BCUT2D eigenvalue weighted by molar-refractivity contribution is 9.10. The minimum atomic E-state index is -0.657. The molecule has 0 fully saturated rings. The third-order valence-corrected chi connectivity index (χ3v) is 3.07. The summed E-state index contributed by atoms with van der Waals surface area (Å²) in [5, 5.41) is 0. The molecule has 1 aromatic heterocycles. The molecule has 0 aliphatic carbocycles. The third kappa shape index (κ3) is 2.77. The highest BCUT2D eigenvalue weighted by atomic mass is 79.9. The molecule has 0 saturated heterocycles. The number of nitrogens with two attached hydrogens (primary N) is 1. The van der Waals surface area contributed by atoms with Crippen LogP contribution < -0.4 is 11.3 Å². The molecular weight excluding hydrogens is 306 g/mol. The Morgan fingerprint density at radius 2 is 2.00 bits per heavy atom. The van der Waals surface area contributed by atoms with Crippen LogP contribution in [0.5, 0.6) is 0 Å². The van der Waals surface area contributed by atoms with E-state index in [9.17, 15) is 8.78 Å². The lowest BCUT2D eigenvalue weighted by Crippen LogP contribution is -2.31. The average Bonchev–Trinajstić information content (AvgIpc) is 2.79. The van der Waals surface area contributed by atoms with Gasteiger partial charge in [-0.3, -0.25) is 11.3 Å². The van der Waals surface area contributed by atoms with Gasteiger partial charge in [0.1, 0.15) is 11.6 Å². The van der Waals surface area contributed by atoms with Crippen LogP contribution in [0.4, 0.5) is 8.78 Å². The normalized spacial score (nSPS) is 12.7. The predicted octanol–water partition coefficient (Wildman–Crippen LogP) is 3.07. The Kier molecular flexibility index (Phi) is 4.11. The van der Waals surface area contributed by atoms with Gasteiger partial charge in [0.05, 0.1) is 18.6 Å². The maximum atomic E-state index is 13.8. The second-order valence-electron chi connectivity index (χ2n) is 3.84. The van der Waals surface area contributed by atoms with Crippen molar-refractivity contribution in [3.05, 3.63) is 58.0 Å². The summed E-state index contributed by atoms with van der Waals surface area (Å²) < 4.78 is 32.8. The van der Waals surface area contributed by atoms with Crippen LogP contribution in [0.2, 0.25) is 0 Å². The van der Waals surface area contributed by atoms with Crippen LogP contribution in [0.3, 0.4) is 0 Å². The van der Waals surface area contributed by atoms with Crippen LogP contribution in [0.1, 0.15) is 17.2 Å². The summed E-state index contributed by atoms with van der Waals surface area (Å²) >= 11 is 3.03. The van der Waals surface area contributed by atoms with Crippen molar-refractivity contribution in [2.75, 3.05) is 0 Å². The van der Waals surface area contributed by atoms with E-state index >= 15 is 0 Å². The van der Waals surface area contributed by atoms with Crippen molar-refractivity contribution in [2.45, 2.75) is 12.5 Å². The van der Waals surface area contributed by atoms with Gasteiger partial charge in [-0.15, -0.1) is 0 Å². The van der Waals surface area contributed by atoms with E-state index in [1.807, 2.05) is 0 Å². The fourth-order valence-corrected chi connectivity index (χ4v) is 2.18. The number of hydrogen-bond acceptors (Lipinski definition) is 3. The largest absolute Gasteiger partial charge is 0.472 e. The van der Waals surface area contributed by atoms with Crippen molar-refractivity contribution in [3.63, 3.8) is 0 Å². The number of hydrazine groups is 1. The topological polar surface area (TPSA) is 51.2 Å². The van der Waals surface area contributed by atoms with Gasteiger partial charge < -0.3 is 4.42 Å². The second-order valence-corrected chi connectivity index (χ2v) is 4.75. The van der Waals surface area contributed by atoms with Gasteiger partial charge in [0.2, 0.25) is 0 Å². The molecule has 0 aliphatic heterocycles. The van der Waals surface area contributed by atoms with Gasteiger partial charge in [-0.25, -0.2) is 8.78 Å². The Balaban J connectivity index is 2.33. The average molecular weight is 317 g/mol. The molecule has 1 heterocycles. The van der Waals surface area contributed by atoms with Gasteiger partial charge in [0.15, 0.2) is 0 Å². The maximum absolute atomic E-state index is 13.8. The molecule has 0 spiro atoms. The van der Waals surface area contributed by atoms with Gasteiger partial charge in [-0.05, 0) is 30.2 Å². The van der Waals surface area contributed by atoms with E-state index in [1.54, 1.807) is 6.07 Å². The molecule has 1 unspecified atom stereocenters. The van der Waals surface area contributed by atoms with E-state index in [2.05, 4.69) is 21.4 Å². The molecule has 0 saturated carbocycles. The van der Waals surface area contributed by atoms with Gasteiger partial charge in [-0.1, -0.05) is 15.9 Å². The molecule has 3 N–H and O–H groups in total. The van der Waals surface area contributed by atoms with Crippen molar-refractivity contribution in [1.82, 2.24) is 5.43 Å². The van der Waals surface area contributed by atoms with Crippen LogP contribution in [0.25, 0.3) is 0 Å². The van der Waals surface area contributed by atoms with E-state index in [4.69, 9.17) is 10.3 Å². The summed E-state index contributed by atoms with van der Waals surface area (Å²) in [5.41, 5.74) is 3.14. The standard InChI is InChI=1S/C12H11BrF2N2O/c13-8-4-9(14)12(10(15)5-8)11(17-16)3-7-1-2-18-6-7/h1-2,4-6,11,17H,3,16H2. The monoisotopic (exact) mass is 316 g/mol. The van der Waals surface area contributed by atoms with Crippen LogP contribution in [0.15, 0.2) is 39.6 Å². The summed E-state index contributed by atoms with van der Waals surface area (Å²) in [6.45, 7) is 0. The molecule has 1 aromatic carbocycles. The Bertz CT molecular complexity index is 508. The second kappa shape index (κ2) is 5.60. The SMILES string of the molecule is NNC(Cc1ccoc1)c1c(F)cc(Br)cc1F. The van der Waals surface area contributed by atoms with Crippen LogP contribution in [-0.4, -0.2) is 0 Å². The molecule has 0 radical (unpaired) electrons. The van der Waals surface area contributed by atoms with Gasteiger partial charge >= 0.3 is 0 Å². The van der Waals surface area contributed by atoms with Crippen molar-refractivity contribution >= 4 is 15.9 Å². The highest BCUT2D eigenvalue weighted by Gasteiger charge is 2.20. The molecule has 2 aromatic rings. The molecule has 6 heteroatoms. The van der Waals surface area contributed by atoms with Crippen molar-refractivity contribution in [1.29, 1.82) is 0 Å². The molecule has 0 amide bonds. The number of benzene rings is 1. The molecular formula is C12H11BrF2N2O. The van der Waals surface area contributed by atoms with Gasteiger partial charge in [0, 0.05) is 10.0 Å². The fraction of sp³-hybridized carbons (Fsp3) is 0.167. The summed E-state index contributed by atoms with van der Waals surface area (Å²) in [4.78, 5) is 0. The molecule has 2 rings (SSSR count). The van der Waals surface area contributed by atoms with Crippen LogP contribution in [0, 0.1) is 11.6 Å². The molecule has 96 valence electrons. The van der Waals surface area contributed by atoms with Crippen LogP contribution in [-0.2, 0) is 6.42 Å². The zero-order valence-corrected chi connectivity index (χ0v) is 10.9. The minimum Gasteiger partial charge on any atom is -0.472 e. The van der Waals surface area contributed by atoms with Crippen molar-refractivity contribution in [2.24, 2.45) is 5.84 Å². The lowest BCUT2D eigenvalue weighted by atomic mass is 10.00. The Morgan fingerprint density at radius 1 is 1.33 bits per heavy atom. The third-order valence-electron chi connectivity index (χ3n) is 2.61. The quantitative estimate of drug-likeness (QED) is 0.673. The number of furan rings is 1. The smallest absolute Gasteiger partial charge is 0.132 e. The summed E-state index contributed by atoms with van der Waals surface area (Å²) in [5.74, 6) is 4.08. The Morgan fingerprint density at radius 3 is 2.50 bits per heavy atom. The van der Waals surface area contributed by atoms with E-state index in [-0.39, 0.29) is 5.56 Å². The maximum Gasteiger partial charge on any atom is 0.132 e. The predicted molar refractivity (Wildman–Crippen MR) is 66.5 cm³/mol. The summed E-state index contributed by atoms with van der Waals surface area (Å²) in [6.07, 6.45) is 3.35. The zero-order valence-electron chi connectivity index (χ0n) is 9.29. The van der Waals surface area contributed by atoms with E-state index in [0.29, 0.717) is 10.9 Å². The first kappa shape index (κ1) is 13.2. The summed E-state index contributed by atoms with van der Waals surface area (Å²) in [6, 6.07) is 3.48. The van der Waals surface area contributed by atoms with Gasteiger partial charge in [0.25, 0.3) is 0 Å². The zero-order chi connectivity index (χ0) is 13.1.